The molecule has 0 radical (unpaired) electrons. The third-order valence-corrected chi connectivity index (χ3v) is 2.12. The van der Waals surface area contributed by atoms with Gasteiger partial charge in [0.05, 0.1) is 0 Å². The van der Waals surface area contributed by atoms with Crippen LogP contribution in [0.2, 0.25) is 0 Å². The molecule has 0 fully saturated rings. The first-order valence-corrected chi connectivity index (χ1v) is 4.51. The molecular weight excluding hydrogens is 174 g/mol. The SMILES string of the molecule is C/C(C=O)=C\c1cc2ccccc2[nH]1. The van der Waals surface area contributed by atoms with E-state index in [0.717, 1.165) is 28.5 Å². The normalized spacial score (nSPS) is 11.9. The molecule has 70 valence electrons. The molecule has 2 nitrogen and oxygen atoms in total. The van der Waals surface area contributed by atoms with Crippen molar-refractivity contribution in [1.82, 2.24) is 4.98 Å². The summed E-state index contributed by atoms with van der Waals surface area (Å²) >= 11 is 0. The molecule has 0 aliphatic carbocycles. The standard InChI is InChI=1S/C12H11NO/c1-9(8-14)6-11-7-10-4-2-3-5-12(10)13-11/h2-8,13H,1H3/b9-6+. The Labute approximate surface area is 82.3 Å². The Morgan fingerprint density at radius 2 is 2.14 bits per heavy atom. The Morgan fingerprint density at radius 1 is 1.36 bits per heavy atom. The van der Waals surface area contributed by atoms with Crippen molar-refractivity contribution >= 4 is 23.3 Å². The van der Waals surface area contributed by atoms with Crippen LogP contribution in [0.1, 0.15) is 12.6 Å². The number of carbonyl (C=O) groups is 1. The van der Waals surface area contributed by atoms with E-state index in [2.05, 4.69) is 4.98 Å². The smallest absolute Gasteiger partial charge is 0.145 e. The van der Waals surface area contributed by atoms with Crippen molar-refractivity contribution in [3.63, 3.8) is 0 Å². The number of allylic oxidation sites excluding steroid dienone is 1. The van der Waals surface area contributed by atoms with Crippen molar-refractivity contribution in [3.05, 3.63) is 41.6 Å². The Morgan fingerprint density at radius 3 is 2.86 bits per heavy atom. The van der Waals surface area contributed by atoms with Gasteiger partial charge in [-0.1, -0.05) is 18.2 Å². The van der Waals surface area contributed by atoms with Crippen molar-refractivity contribution in [3.8, 4) is 0 Å². The predicted molar refractivity (Wildman–Crippen MR) is 58.0 cm³/mol. The highest BCUT2D eigenvalue weighted by Gasteiger charge is 1.96. The minimum atomic E-state index is 0.719. The Balaban J connectivity index is 2.50. The molecule has 0 spiro atoms. The zero-order valence-electron chi connectivity index (χ0n) is 7.95. The molecule has 0 aliphatic rings. The van der Waals surface area contributed by atoms with Gasteiger partial charge in [-0.15, -0.1) is 0 Å². The van der Waals surface area contributed by atoms with Crippen LogP contribution in [0.25, 0.3) is 17.0 Å². The summed E-state index contributed by atoms with van der Waals surface area (Å²) in [7, 11) is 0. The number of H-pyrrole nitrogens is 1. The van der Waals surface area contributed by atoms with E-state index < -0.39 is 0 Å². The van der Waals surface area contributed by atoms with Crippen LogP contribution in [0, 0.1) is 0 Å². The van der Waals surface area contributed by atoms with Crippen LogP contribution in [0.5, 0.6) is 0 Å². The van der Waals surface area contributed by atoms with Gasteiger partial charge >= 0.3 is 0 Å². The fourth-order valence-electron chi connectivity index (χ4n) is 1.45. The minimum Gasteiger partial charge on any atom is -0.355 e. The number of aromatic nitrogens is 1. The lowest BCUT2D eigenvalue weighted by Crippen LogP contribution is -1.76. The lowest BCUT2D eigenvalue weighted by Gasteiger charge is -1.86. The molecule has 0 bridgehead atoms. The number of aromatic amines is 1. The Bertz CT molecular complexity index is 461. The summed E-state index contributed by atoms with van der Waals surface area (Å²) in [5, 5.41) is 1.16. The summed E-state index contributed by atoms with van der Waals surface area (Å²) in [6, 6.07) is 10.1. The third kappa shape index (κ3) is 1.59. The maximum absolute atomic E-state index is 10.4. The van der Waals surface area contributed by atoms with Crippen molar-refractivity contribution in [2.24, 2.45) is 0 Å². The lowest BCUT2D eigenvalue weighted by molar-refractivity contribution is -0.104. The van der Waals surface area contributed by atoms with Crippen LogP contribution in [0.4, 0.5) is 0 Å². The predicted octanol–water partition coefficient (Wildman–Crippen LogP) is 2.77. The molecule has 2 aromatic rings. The summed E-state index contributed by atoms with van der Waals surface area (Å²) in [6.07, 6.45) is 2.69. The van der Waals surface area contributed by atoms with E-state index in [0.29, 0.717) is 0 Å². The van der Waals surface area contributed by atoms with Crippen LogP contribution in [0.3, 0.4) is 0 Å². The van der Waals surface area contributed by atoms with E-state index in [1.807, 2.05) is 36.4 Å². The largest absolute Gasteiger partial charge is 0.355 e. The summed E-state index contributed by atoms with van der Waals surface area (Å²) in [4.78, 5) is 13.7. The van der Waals surface area contributed by atoms with E-state index in [-0.39, 0.29) is 0 Å². The molecule has 2 rings (SSSR count). The van der Waals surface area contributed by atoms with E-state index >= 15 is 0 Å². The van der Waals surface area contributed by atoms with E-state index in [1.165, 1.54) is 0 Å². The molecule has 2 heteroatoms. The quantitative estimate of drug-likeness (QED) is 0.566. The summed E-state index contributed by atoms with van der Waals surface area (Å²) in [5.41, 5.74) is 2.78. The number of hydrogen-bond donors (Lipinski definition) is 1. The van der Waals surface area contributed by atoms with Gasteiger partial charge in [0, 0.05) is 11.2 Å². The number of nitrogens with one attached hydrogen (secondary N) is 1. The molecule has 0 saturated heterocycles. The van der Waals surface area contributed by atoms with E-state index in [9.17, 15) is 4.79 Å². The van der Waals surface area contributed by atoms with Crippen molar-refractivity contribution in [2.75, 3.05) is 0 Å². The molecular formula is C12H11NO. The molecule has 1 N–H and O–H groups in total. The molecule has 1 heterocycles. The van der Waals surface area contributed by atoms with E-state index in [1.54, 1.807) is 6.92 Å². The van der Waals surface area contributed by atoms with Gasteiger partial charge in [0.1, 0.15) is 6.29 Å². The third-order valence-electron chi connectivity index (χ3n) is 2.12. The van der Waals surface area contributed by atoms with Gasteiger partial charge in [-0.25, -0.2) is 0 Å². The summed E-state index contributed by atoms with van der Waals surface area (Å²) < 4.78 is 0. The highest BCUT2D eigenvalue weighted by molar-refractivity contribution is 5.86. The average molecular weight is 185 g/mol. The van der Waals surface area contributed by atoms with Gasteiger partial charge in [0.2, 0.25) is 0 Å². The number of carbonyl (C=O) groups excluding carboxylic acids is 1. The molecule has 0 atom stereocenters. The molecule has 0 amide bonds. The maximum atomic E-state index is 10.4. The number of rotatable bonds is 2. The van der Waals surface area contributed by atoms with Crippen LogP contribution in [-0.2, 0) is 4.79 Å². The Kier molecular flexibility index (Phi) is 2.19. The fraction of sp³-hybridized carbons (Fsp3) is 0.0833. The highest BCUT2D eigenvalue weighted by Crippen LogP contribution is 2.16. The first-order valence-electron chi connectivity index (χ1n) is 4.51. The first kappa shape index (κ1) is 8.75. The van der Waals surface area contributed by atoms with Gasteiger partial charge in [-0.3, -0.25) is 4.79 Å². The Hall–Kier alpha value is -1.83. The number of benzene rings is 1. The lowest BCUT2D eigenvalue weighted by atomic mass is 10.2. The first-order chi connectivity index (χ1) is 6.79. The molecule has 14 heavy (non-hydrogen) atoms. The van der Waals surface area contributed by atoms with Crippen LogP contribution < -0.4 is 0 Å². The fourth-order valence-corrected chi connectivity index (χ4v) is 1.45. The van der Waals surface area contributed by atoms with Gasteiger partial charge < -0.3 is 4.98 Å². The number of fused-ring (bicyclic) bond motifs is 1. The van der Waals surface area contributed by atoms with Gasteiger partial charge in [-0.05, 0) is 36.1 Å². The average Bonchev–Trinajstić information content (AvgIpc) is 2.59. The van der Waals surface area contributed by atoms with Gasteiger partial charge in [-0.2, -0.15) is 0 Å². The van der Waals surface area contributed by atoms with E-state index in [4.69, 9.17) is 0 Å². The van der Waals surface area contributed by atoms with Crippen LogP contribution in [0.15, 0.2) is 35.9 Å². The monoisotopic (exact) mass is 185 g/mol. The summed E-state index contributed by atoms with van der Waals surface area (Å²) in [6.45, 7) is 1.79. The van der Waals surface area contributed by atoms with Gasteiger partial charge in [0.15, 0.2) is 0 Å². The summed E-state index contributed by atoms with van der Waals surface area (Å²) in [5.74, 6) is 0. The van der Waals surface area contributed by atoms with Gasteiger partial charge in [0.25, 0.3) is 0 Å². The molecule has 0 saturated carbocycles. The zero-order chi connectivity index (χ0) is 9.97. The maximum Gasteiger partial charge on any atom is 0.145 e. The molecule has 1 aromatic carbocycles. The van der Waals surface area contributed by atoms with Crippen LogP contribution >= 0.6 is 0 Å². The molecule has 0 aliphatic heterocycles. The number of aldehydes is 1. The molecule has 0 unspecified atom stereocenters. The zero-order valence-corrected chi connectivity index (χ0v) is 7.95. The second-order valence-corrected chi connectivity index (χ2v) is 3.32. The van der Waals surface area contributed by atoms with Crippen molar-refractivity contribution < 1.29 is 4.79 Å². The second-order valence-electron chi connectivity index (χ2n) is 3.32. The minimum absolute atomic E-state index is 0.719. The highest BCUT2D eigenvalue weighted by atomic mass is 16.1. The van der Waals surface area contributed by atoms with Crippen molar-refractivity contribution in [1.29, 1.82) is 0 Å². The topological polar surface area (TPSA) is 32.9 Å². The number of hydrogen-bond acceptors (Lipinski definition) is 1. The van der Waals surface area contributed by atoms with Crippen LogP contribution in [-0.4, -0.2) is 11.3 Å². The van der Waals surface area contributed by atoms with Crippen molar-refractivity contribution in [2.45, 2.75) is 6.92 Å². The second kappa shape index (κ2) is 3.50. The number of para-hydroxylation sites is 1. The molecule has 1 aromatic heterocycles.